The van der Waals surface area contributed by atoms with Gasteiger partial charge in [-0.15, -0.1) is 0 Å². The number of ether oxygens (including phenoxy) is 2. The van der Waals surface area contributed by atoms with Crippen molar-refractivity contribution < 1.29 is 23.9 Å². The van der Waals surface area contributed by atoms with E-state index in [-0.39, 0.29) is 30.3 Å². The van der Waals surface area contributed by atoms with Gasteiger partial charge in [0.15, 0.2) is 12.4 Å². The van der Waals surface area contributed by atoms with Gasteiger partial charge in [0, 0.05) is 11.5 Å². The molecule has 122 valence electrons. The Balaban J connectivity index is 1.72. The van der Waals surface area contributed by atoms with Crippen LogP contribution in [0.4, 0.5) is 0 Å². The van der Waals surface area contributed by atoms with Gasteiger partial charge in [-0.3, -0.25) is 9.59 Å². The number of ketones is 1. The number of benzene rings is 1. The van der Waals surface area contributed by atoms with Crippen LogP contribution in [0.1, 0.15) is 32.1 Å². The summed E-state index contributed by atoms with van der Waals surface area (Å²) in [5.74, 6) is -0.994. The highest BCUT2D eigenvalue weighted by molar-refractivity contribution is 5.95. The predicted octanol–water partition coefficient (Wildman–Crippen LogP) is 2.84. The molecule has 1 aromatic rings. The Morgan fingerprint density at radius 1 is 1.09 bits per heavy atom. The van der Waals surface area contributed by atoms with E-state index in [0.29, 0.717) is 5.75 Å². The van der Waals surface area contributed by atoms with Crippen molar-refractivity contribution in [3.63, 3.8) is 0 Å². The van der Waals surface area contributed by atoms with E-state index in [9.17, 15) is 14.4 Å². The number of carbonyl (C=O) groups excluding carboxylic acids is 3. The average molecular weight is 316 g/mol. The zero-order valence-corrected chi connectivity index (χ0v) is 13.0. The first-order valence-corrected chi connectivity index (χ1v) is 7.69. The highest BCUT2D eigenvalue weighted by Gasteiger charge is 2.24. The van der Waals surface area contributed by atoms with Crippen molar-refractivity contribution in [2.45, 2.75) is 32.1 Å². The molecule has 0 radical (unpaired) electrons. The first-order chi connectivity index (χ1) is 11.1. The molecule has 5 nitrogen and oxygen atoms in total. The third-order valence-corrected chi connectivity index (χ3v) is 3.78. The van der Waals surface area contributed by atoms with E-state index in [4.69, 9.17) is 9.47 Å². The number of hydrogen-bond donors (Lipinski definition) is 0. The van der Waals surface area contributed by atoms with Crippen molar-refractivity contribution in [3.05, 3.63) is 42.5 Å². The Morgan fingerprint density at radius 2 is 1.74 bits per heavy atom. The lowest BCUT2D eigenvalue weighted by molar-refractivity contribution is -0.146. The van der Waals surface area contributed by atoms with Crippen molar-refractivity contribution >= 4 is 17.7 Å². The van der Waals surface area contributed by atoms with Crippen LogP contribution in [0.3, 0.4) is 0 Å². The van der Waals surface area contributed by atoms with Crippen LogP contribution < -0.4 is 4.74 Å². The summed E-state index contributed by atoms with van der Waals surface area (Å²) in [6, 6.07) is 8.55. The van der Waals surface area contributed by atoms with Gasteiger partial charge in [0.1, 0.15) is 5.75 Å². The lowest BCUT2D eigenvalue weighted by atomic mass is 10.0. The molecule has 0 spiro atoms. The molecule has 1 aliphatic carbocycles. The van der Waals surface area contributed by atoms with E-state index in [1.54, 1.807) is 30.3 Å². The minimum atomic E-state index is -0.735. The van der Waals surface area contributed by atoms with Gasteiger partial charge in [-0.1, -0.05) is 37.6 Å². The minimum Gasteiger partial charge on any atom is -0.454 e. The van der Waals surface area contributed by atoms with Gasteiger partial charge in [0.2, 0.25) is 0 Å². The van der Waals surface area contributed by atoms with Crippen molar-refractivity contribution in [1.82, 2.24) is 0 Å². The molecule has 2 rings (SSSR count). The van der Waals surface area contributed by atoms with Crippen LogP contribution >= 0.6 is 0 Å². The number of esters is 2. The van der Waals surface area contributed by atoms with Gasteiger partial charge in [0.05, 0.1) is 6.42 Å². The van der Waals surface area contributed by atoms with E-state index in [2.05, 4.69) is 6.58 Å². The molecule has 0 saturated heterocycles. The summed E-state index contributed by atoms with van der Waals surface area (Å²) in [7, 11) is 0. The molecule has 1 aromatic carbocycles. The Kier molecular flexibility index (Phi) is 6.09. The lowest BCUT2D eigenvalue weighted by Gasteiger charge is -2.10. The van der Waals surface area contributed by atoms with Crippen molar-refractivity contribution in [3.8, 4) is 5.75 Å². The number of carbonyl (C=O) groups is 3. The largest absolute Gasteiger partial charge is 0.454 e. The fourth-order valence-electron chi connectivity index (χ4n) is 2.51. The molecule has 0 atom stereocenters. The predicted molar refractivity (Wildman–Crippen MR) is 83.8 cm³/mol. The van der Waals surface area contributed by atoms with Crippen LogP contribution in [0.5, 0.6) is 5.75 Å². The summed E-state index contributed by atoms with van der Waals surface area (Å²) in [5, 5.41) is 0. The lowest BCUT2D eigenvalue weighted by Crippen LogP contribution is -2.21. The number of hydrogen-bond acceptors (Lipinski definition) is 5. The second-order valence-electron chi connectivity index (χ2n) is 5.59. The van der Waals surface area contributed by atoms with Crippen molar-refractivity contribution in [1.29, 1.82) is 0 Å². The maximum Gasteiger partial charge on any atom is 0.334 e. The molecule has 0 N–H and O–H groups in total. The summed E-state index contributed by atoms with van der Waals surface area (Å²) < 4.78 is 10.0. The second-order valence-corrected chi connectivity index (χ2v) is 5.59. The van der Waals surface area contributed by atoms with Crippen LogP contribution in [-0.2, 0) is 19.1 Å². The third-order valence-electron chi connectivity index (χ3n) is 3.78. The fraction of sp³-hybridized carbons (Fsp3) is 0.389. The summed E-state index contributed by atoms with van der Waals surface area (Å²) >= 11 is 0. The van der Waals surface area contributed by atoms with Gasteiger partial charge in [-0.25, -0.2) is 4.79 Å². The standard InChI is InChI=1S/C18H20O5/c1-13(11-17(20)23-15-9-3-2-4-10-15)18(21)22-12-16(19)14-7-5-6-8-14/h2-4,9-10,14H,1,5-8,11-12H2. The van der Waals surface area contributed by atoms with E-state index in [1.807, 2.05) is 0 Å². The zero-order valence-electron chi connectivity index (χ0n) is 13.0. The van der Waals surface area contributed by atoms with Gasteiger partial charge in [-0.05, 0) is 25.0 Å². The fourth-order valence-corrected chi connectivity index (χ4v) is 2.51. The molecular formula is C18H20O5. The average Bonchev–Trinajstić information content (AvgIpc) is 3.07. The van der Waals surface area contributed by atoms with Crippen LogP contribution in [0, 0.1) is 5.92 Å². The molecule has 0 bridgehead atoms. The van der Waals surface area contributed by atoms with Crippen LogP contribution in [-0.4, -0.2) is 24.3 Å². The van der Waals surface area contributed by atoms with E-state index in [1.165, 1.54) is 0 Å². The number of Topliss-reactive ketones (excluding diaryl/α,β-unsaturated/α-hetero) is 1. The van der Waals surface area contributed by atoms with Crippen LogP contribution in [0.15, 0.2) is 42.5 Å². The Hall–Kier alpha value is -2.43. The summed E-state index contributed by atoms with van der Waals surface area (Å²) in [5.41, 5.74) is -0.0230. The van der Waals surface area contributed by atoms with E-state index < -0.39 is 11.9 Å². The normalized spacial score (nSPS) is 14.3. The topological polar surface area (TPSA) is 69.7 Å². The number of rotatable bonds is 7. The molecule has 1 saturated carbocycles. The highest BCUT2D eigenvalue weighted by atomic mass is 16.5. The summed E-state index contributed by atoms with van der Waals surface area (Å²) in [4.78, 5) is 35.3. The molecule has 5 heteroatoms. The quantitative estimate of drug-likeness (QED) is 0.439. The van der Waals surface area contributed by atoms with Crippen LogP contribution in [0.2, 0.25) is 0 Å². The first-order valence-electron chi connectivity index (χ1n) is 7.69. The molecule has 1 fully saturated rings. The Bertz CT molecular complexity index is 585. The molecule has 1 aliphatic rings. The smallest absolute Gasteiger partial charge is 0.334 e. The Labute approximate surface area is 135 Å². The molecular weight excluding hydrogens is 296 g/mol. The van der Waals surface area contributed by atoms with Gasteiger partial charge in [-0.2, -0.15) is 0 Å². The maximum atomic E-state index is 11.8. The molecule has 0 heterocycles. The zero-order chi connectivity index (χ0) is 16.7. The number of para-hydroxylation sites is 1. The molecule has 0 unspecified atom stereocenters. The molecule has 23 heavy (non-hydrogen) atoms. The van der Waals surface area contributed by atoms with E-state index in [0.717, 1.165) is 25.7 Å². The van der Waals surface area contributed by atoms with Gasteiger partial charge < -0.3 is 9.47 Å². The highest BCUT2D eigenvalue weighted by Crippen LogP contribution is 2.25. The van der Waals surface area contributed by atoms with Crippen molar-refractivity contribution in [2.24, 2.45) is 5.92 Å². The molecule has 0 amide bonds. The second kappa shape index (κ2) is 8.27. The monoisotopic (exact) mass is 316 g/mol. The summed E-state index contributed by atoms with van der Waals surface area (Å²) in [6.45, 7) is 3.27. The minimum absolute atomic E-state index is 0.000823. The van der Waals surface area contributed by atoms with Gasteiger partial charge in [0.25, 0.3) is 0 Å². The molecule has 0 aromatic heterocycles. The molecule has 0 aliphatic heterocycles. The third kappa shape index (κ3) is 5.36. The van der Waals surface area contributed by atoms with Gasteiger partial charge >= 0.3 is 11.9 Å². The van der Waals surface area contributed by atoms with Crippen LogP contribution in [0.25, 0.3) is 0 Å². The van der Waals surface area contributed by atoms with E-state index >= 15 is 0 Å². The Morgan fingerprint density at radius 3 is 2.39 bits per heavy atom. The maximum absolute atomic E-state index is 11.8. The summed E-state index contributed by atoms with van der Waals surface area (Å²) in [6.07, 6.45) is 3.54. The van der Waals surface area contributed by atoms with Crippen molar-refractivity contribution in [2.75, 3.05) is 6.61 Å². The SMILES string of the molecule is C=C(CC(=O)Oc1ccccc1)C(=O)OCC(=O)C1CCCC1. The first kappa shape index (κ1) is 16.9.